The van der Waals surface area contributed by atoms with Crippen molar-refractivity contribution in [3.05, 3.63) is 137 Å². The molecule has 0 aliphatic rings. The molecule has 0 spiro atoms. The lowest BCUT2D eigenvalue weighted by atomic mass is 10.0. The second-order valence-electron chi connectivity index (χ2n) is 8.52. The van der Waals surface area contributed by atoms with Crippen molar-refractivity contribution in [2.24, 2.45) is 5.10 Å². The second-order valence-corrected chi connectivity index (χ2v) is 8.96. The molecule has 0 aromatic heterocycles. The van der Waals surface area contributed by atoms with E-state index < -0.39 is 18.2 Å². The fourth-order valence-electron chi connectivity index (χ4n) is 3.83. The zero-order valence-electron chi connectivity index (χ0n) is 21.1. The normalized spacial score (nSPS) is 10.9. The third kappa shape index (κ3) is 6.64. The summed E-state index contributed by atoms with van der Waals surface area (Å²) in [7, 11) is 0. The SMILES string of the molecule is O=C(Oc1ccc2ccccc2c1/C=N\NC(=O)C(Oc1ccccc1)Oc1ccccc1)c1ccc(Cl)cc1. The predicted octanol–water partition coefficient (Wildman–Crippen LogP) is 6.65. The summed E-state index contributed by atoms with van der Waals surface area (Å²) in [6.07, 6.45) is 0.101. The first-order valence-corrected chi connectivity index (χ1v) is 12.7. The standard InChI is InChI=1S/C32H23ClN2O5/c33-24-18-15-23(16-19-24)31(37)40-29-20-17-22-9-7-8-14-27(22)28(29)21-34-35-30(36)32(38-25-10-3-1-4-11-25)39-26-12-5-2-6-13-26/h1-21,32H,(H,35,36)/b34-21-. The van der Waals surface area contributed by atoms with Crippen molar-refractivity contribution in [1.29, 1.82) is 0 Å². The average Bonchev–Trinajstić information content (AvgIpc) is 2.99. The largest absolute Gasteiger partial charge is 0.446 e. The molecule has 0 unspecified atom stereocenters. The molecule has 0 saturated heterocycles. The van der Waals surface area contributed by atoms with Crippen molar-refractivity contribution in [2.45, 2.75) is 6.29 Å². The molecule has 1 N–H and O–H groups in total. The zero-order valence-corrected chi connectivity index (χ0v) is 21.8. The topological polar surface area (TPSA) is 86.2 Å². The van der Waals surface area contributed by atoms with Crippen molar-refractivity contribution in [2.75, 3.05) is 0 Å². The molecule has 7 nitrogen and oxygen atoms in total. The van der Waals surface area contributed by atoms with Crippen molar-refractivity contribution >= 4 is 40.5 Å². The van der Waals surface area contributed by atoms with Crippen LogP contribution in [0.15, 0.2) is 126 Å². The van der Waals surface area contributed by atoms with E-state index in [9.17, 15) is 9.59 Å². The van der Waals surface area contributed by atoms with Gasteiger partial charge in [-0.15, -0.1) is 0 Å². The quantitative estimate of drug-likeness (QED) is 0.0730. The van der Waals surface area contributed by atoms with Gasteiger partial charge in [0.05, 0.1) is 11.8 Å². The molecule has 5 rings (SSSR count). The van der Waals surface area contributed by atoms with E-state index >= 15 is 0 Å². The number of esters is 1. The van der Waals surface area contributed by atoms with Gasteiger partial charge in [-0.1, -0.05) is 78.3 Å². The Morgan fingerprint density at radius 2 is 1.32 bits per heavy atom. The van der Waals surface area contributed by atoms with Gasteiger partial charge in [-0.05, 0) is 65.4 Å². The first kappa shape index (κ1) is 26.5. The third-order valence-corrected chi connectivity index (χ3v) is 6.02. The number of hydrogen-bond donors (Lipinski definition) is 1. The monoisotopic (exact) mass is 550 g/mol. The summed E-state index contributed by atoms with van der Waals surface area (Å²) in [6.45, 7) is 0. The number of halogens is 1. The van der Waals surface area contributed by atoms with Gasteiger partial charge in [-0.3, -0.25) is 4.79 Å². The van der Waals surface area contributed by atoms with E-state index in [4.69, 9.17) is 25.8 Å². The van der Waals surface area contributed by atoms with Crippen LogP contribution < -0.4 is 19.6 Å². The lowest BCUT2D eigenvalue weighted by Crippen LogP contribution is -2.40. The number of ether oxygens (including phenoxy) is 3. The summed E-state index contributed by atoms with van der Waals surface area (Å²) < 4.78 is 17.3. The average molecular weight is 551 g/mol. The van der Waals surface area contributed by atoms with E-state index in [1.165, 1.54) is 6.21 Å². The molecule has 198 valence electrons. The highest BCUT2D eigenvalue weighted by Gasteiger charge is 2.23. The number of nitrogens with one attached hydrogen (secondary N) is 1. The van der Waals surface area contributed by atoms with Gasteiger partial charge >= 0.3 is 18.2 Å². The summed E-state index contributed by atoms with van der Waals surface area (Å²) in [5, 5.41) is 6.34. The van der Waals surface area contributed by atoms with Crippen molar-refractivity contribution < 1.29 is 23.8 Å². The van der Waals surface area contributed by atoms with E-state index in [-0.39, 0.29) is 5.75 Å². The van der Waals surface area contributed by atoms with Crippen LogP contribution in [0.3, 0.4) is 0 Å². The summed E-state index contributed by atoms with van der Waals surface area (Å²) in [6, 6.07) is 35.2. The van der Waals surface area contributed by atoms with E-state index in [0.717, 1.165) is 10.8 Å². The summed E-state index contributed by atoms with van der Waals surface area (Å²) in [4.78, 5) is 25.9. The van der Waals surface area contributed by atoms with Gasteiger partial charge in [0.25, 0.3) is 0 Å². The molecule has 0 radical (unpaired) electrons. The summed E-state index contributed by atoms with van der Waals surface area (Å²) in [5.74, 6) is -0.0163. The summed E-state index contributed by atoms with van der Waals surface area (Å²) >= 11 is 5.94. The number of carbonyl (C=O) groups excluding carboxylic acids is 2. The van der Waals surface area contributed by atoms with Crippen LogP contribution in [0.2, 0.25) is 5.02 Å². The van der Waals surface area contributed by atoms with Crippen LogP contribution in [-0.2, 0) is 4.79 Å². The Morgan fingerprint density at radius 3 is 1.98 bits per heavy atom. The smallest absolute Gasteiger partial charge is 0.343 e. The Balaban J connectivity index is 1.38. The van der Waals surface area contributed by atoms with Gasteiger partial charge in [-0.2, -0.15) is 5.10 Å². The van der Waals surface area contributed by atoms with Gasteiger partial charge in [0.2, 0.25) is 0 Å². The first-order chi connectivity index (χ1) is 19.6. The second kappa shape index (κ2) is 12.6. The van der Waals surface area contributed by atoms with Crippen LogP contribution in [0.25, 0.3) is 10.8 Å². The van der Waals surface area contributed by atoms with Crippen molar-refractivity contribution in [3.8, 4) is 17.2 Å². The molecular weight excluding hydrogens is 528 g/mol. The number of carbonyl (C=O) groups is 2. The Labute approximate surface area is 235 Å². The molecule has 0 saturated carbocycles. The maximum atomic E-state index is 13.1. The lowest BCUT2D eigenvalue weighted by Gasteiger charge is -2.18. The molecule has 0 bridgehead atoms. The molecule has 5 aromatic carbocycles. The third-order valence-electron chi connectivity index (χ3n) is 5.77. The van der Waals surface area contributed by atoms with Gasteiger partial charge in [0.1, 0.15) is 17.2 Å². The molecule has 0 aliphatic carbocycles. The van der Waals surface area contributed by atoms with Gasteiger partial charge in [0.15, 0.2) is 0 Å². The van der Waals surface area contributed by atoms with Crippen LogP contribution in [0, 0.1) is 0 Å². The fourth-order valence-corrected chi connectivity index (χ4v) is 3.96. The zero-order chi connectivity index (χ0) is 27.7. The molecule has 0 heterocycles. The number of benzene rings is 5. The van der Waals surface area contributed by atoms with Gasteiger partial charge < -0.3 is 14.2 Å². The number of para-hydroxylation sites is 2. The molecular formula is C32H23ClN2O5. The molecule has 0 fully saturated rings. The molecule has 40 heavy (non-hydrogen) atoms. The summed E-state index contributed by atoms with van der Waals surface area (Å²) in [5.41, 5.74) is 3.33. The molecule has 8 heteroatoms. The first-order valence-electron chi connectivity index (χ1n) is 12.3. The maximum Gasteiger partial charge on any atom is 0.343 e. The van der Waals surface area contributed by atoms with Crippen LogP contribution in [-0.4, -0.2) is 24.4 Å². The lowest BCUT2D eigenvalue weighted by molar-refractivity contribution is -0.140. The Kier molecular flexibility index (Phi) is 8.34. The van der Waals surface area contributed by atoms with Crippen molar-refractivity contribution in [3.63, 3.8) is 0 Å². The predicted molar refractivity (Wildman–Crippen MR) is 154 cm³/mol. The molecule has 1 amide bonds. The van der Waals surface area contributed by atoms with Crippen LogP contribution >= 0.6 is 11.6 Å². The molecule has 5 aromatic rings. The van der Waals surface area contributed by atoms with E-state index in [2.05, 4.69) is 10.5 Å². The number of fused-ring (bicyclic) bond motifs is 1. The number of amides is 1. The minimum Gasteiger partial charge on any atom is -0.446 e. The number of hydrazone groups is 1. The fraction of sp³-hybridized carbons (Fsp3) is 0.0312. The van der Waals surface area contributed by atoms with E-state index in [1.54, 1.807) is 78.9 Å². The van der Waals surface area contributed by atoms with Crippen molar-refractivity contribution in [1.82, 2.24) is 5.43 Å². The molecule has 0 atom stereocenters. The van der Waals surface area contributed by atoms with Crippen LogP contribution in [0.5, 0.6) is 17.2 Å². The minimum atomic E-state index is -1.32. The van der Waals surface area contributed by atoms with E-state index in [0.29, 0.717) is 27.6 Å². The Bertz CT molecular complexity index is 1600. The number of nitrogens with zero attached hydrogens (tertiary/aromatic N) is 1. The molecule has 0 aliphatic heterocycles. The van der Waals surface area contributed by atoms with Crippen LogP contribution in [0.1, 0.15) is 15.9 Å². The number of hydrogen-bond acceptors (Lipinski definition) is 6. The Hall–Kier alpha value is -5.14. The van der Waals surface area contributed by atoms with Crippen LogP contribution in [0.4, 0.5) is 0 Å². The van der Waals surface area contributed by atoms with Gasteiger partial charge in [-0.25, -0.2) is 10.2 Å². The Morgan fingerprint density at radius 1 is 0.725 bits per heavy atom. The number of rotatable bonds is 9. The minimum absolute atomic E-state index is 0.272. The highest BCUT2D eigenvalue weighted by Crippen LogP contribution is 2.27. The van der Waals surface area contributed by atoms with Gasteiger partial charge in [0, 0.05) is 10.6 Å². The maximum absolute atomic E-state index is 13.1. The van der Waals surface area contributed by atoms with E-state index in [1.807, 2.05) is 42.5 Å². The highest BCUT2D eigenvalue weighted by atomic mass is 35.5. The highest BCUT2D eigenvalue weighted by molar-refractivity contribution is 6.30.